The van der Waals surface area contributed by atoms with Crippen molar-refractivity contribution in [2.45, 2.75) is 13.0 Å². The van der Waals surface area contributed by atoms with Crippen molar-refractivity contribution in [3.05, 3.63) is 65.2 Å². The summed E-state index contributed by atoms with van der Waals surface area (Å²) in [5, 5.41) is 2.95. The van der Waals surface area contributed by atoms with E-state index in [0.717, 1.165) is 17.1 Å². The van der Waals surface area contributed by atoms with Crippen molar-refractivity contribution in [1.82, 2.24) is 14.7 Å². The highest BCUT2D eigenvalue weighted by Gasteiger charge is 2.20. The Labute approximate surface area is 138 Å². The molecule has 0 saturated carbocycles. The van der Waals surface area contributed by atoms with E-state index in [1.54, 1.807) is 6.20 Å². The van der Waals surface area contributed by atoms with Gasteiger partial charge in [0.2, 0.25) is 0 Å². The third kappa shape index (κ3) is 3.22. The predicted octanol–water partition coefficient (Wildman–Crippen LogP) is 3.28. The zero-order chi connectivity index (χ0) is 16.2. The van der Waals surface area contributed by atoms with Gasteiger partial charge in [-0.1, -0.05) is 36.4 Å². The van der Waals surface area contributed by atoms with E-state index in [0.29, 0.717) is 22.0 Å². The first-order valence-electron chi connectivity index (χ1n) is 7.19. The van der Waals surface area contributed by atoms with Crippen LogP contribution in [0.2, 0.25) is 0 Å². The quantitative estimate of drug-likeness (QED) is 0.772. The van der Waals surface area contributed by atoms with E-state index in [2.05, 4.69) is 14.7 Å². The molecule has 0 unspecified atom stereocenters. The number of benzene rings is 1. The first-order chi connectivity index (χ1) is 11.2. The minimum absolute atomic E-state index is 0.108. The van der Waals surface area contributed by atoms with Gasteiger partial charge < -0.3 is 11.1 Å². The van der Waals surface area contributed by atoms with Crippen LogP contribution in [0.15, 0.2) is 54.7 Å². The van der Waals surface area contributed by atoms with Crippen LogP contribution in [-0.2, 0) is 0 Å². The SMILES string of the molecule is C[C@H](NC(=O)c1snc(-c2ccccn2)c1N)c1ccccc1. The van der Waals surface area contributed by atoms with Crippen molar-refractivity contribution in [2.75, 3.05) is 5.73 Å². The second kappa shape index (κ2) is 6.58. The highest BCUT2D eigenvalue weighted by molar-refractivity contribution is 7.09. The lowest BCUT2D eigenvalue weighted by Gasteiger charge is -2.13. The number of nitrogen functional groups attached to an aromatic ring is 1. The molecule has 2 aromatic heterocycles. The van der Waals surface area contributed by atoms with E-state index >= 15 is 0 Å². The maximum absolute atomic E-state index is 12.5. The summed E-state index contributed by atoms with van der Waals surface area (Å²) in [6.45, 7) is 1.93. The van der Waals surface area contributed by atoms with Crippen molar-refractivity contribution < 1.29 is 4.79 Å². The molecule has 1 atom stereocenters. The fourth-order valence-corrected chi connectivity index (χ4v) is 2.95. The van der Waals surface area contributed by atoms with Gasteiger partial charge in [-0.25, -0.2) is 0 Å². The molecule has 1 aromatic carbocycles. The van der Waals surface area contributed by atoms with E-state index in [-0.39, 0.29) is 11.9 Å². The molecule has 6 heteroatoms. The smallest absolute Gasteiger partial charge is 0.265 e. The first kappa shape index (κ1) is 15.2. The fourth-order valence-electron chi connectivity index (χ4n) is 2.24. The molecule has 0 saturated heterocycles. The Morgan fingerprint density at radius 1 is 1.17 bits per heavy atom. The second-order valence-electron chi connectivity index (χ2n) is 5.09. The number of hydrogen-bond donors (Lipinski definition) is 2. The van der Waals surface area contributed by atoms with Gasteiger partial charge in [-0.05, 0) is 36.2 Å². The van der Waals surface area contributed by atoms with E-state index in [4.69, 9.17) is 5.73 Å². The molecule has 0 fully saturated rings. The van der Waals surface area contributed by atoms with Gasteiger partial charge in [0.05, 0.1) is 17.4 Å². The molecule has 23 heavy (non-hydrogen) atoms. The molecule has 0 aliphatic carbocycles. The summed E-state index contributed by atoms with van der Waals surface area (Å²) >= 11 is 1.09. The highest BCUT2D eigenvalue weighted by Crippen LogP contribution is 2.29. The molecule has 116 valence electrons. The van der Waals surface area contributed by atoms with Crippen LogP contribution in [0, 0.1) is 0 Å². The maximum atomic E-state index is 12.5. The molecular formula is C17H16N4OS. The minimum atomic E-state index is -0.224. The number of anilines is 1. The zero-order valence-corrected chi connectivity index (χ0v) is 13.4. The molecule has 0 spiro atoms. The lowest BCUT2D eigenvalue weighted by atomic mass is 10.1. The number of carbonyl (C=O) groups is 1. The molecule has 5 nitrogen and oxygen atoms in total. The summed E-state index contributed by atoms with van der Waals surface area (Å²) in [5.41, 5.74) is 8.71. The van der Waals surface area contributed by atoms with E-state index in [1.165, 1.54) is 0 Å². The Morgan fingerprint density at radius 3 is 2.61 bits per heavy atom. The van der Waals surface area contributed by atoms with Crippen LogP contribution in [-0.4, -0.2) is 15.3 Å². The van der Waals surface area contributed by atoms with Crippen molar-refractivity contribution in [3.8, 4) is 11.4 Å². The summed E-state index contributed by atoms with van der Waals surface area (Å²) in [6, 6.07) is 15.2. The van der Waals surface area contributed by atoms with Crippen LogP contribution < -0.4 is 11.1 Å². The van der Waals surface area contributed by atoms with Gasteiger partial charge in [-0.15, -0.1) is 0 Å². The fraction of sp³-hybridized carbons (Fsp3) is 0.118. The molecule has 0 aliphatic rings. The number of nitrogens with one attached hydrogen (secondary N) is 1. The number of hydrogen-bond acceptors (Lipinski definition) is 5. The van der Waals surface area contributed by atoms with Crippen molar-refractivity contribution in [1.29, 1.82) is 0 Å². The van der Waals surface area contributed by atoms with Gasteiger partial charge in [-0.2, -0.15) is 4.37 Å². The Morgan fingerprint density at radius 2 is 1.91 bits per heavy atom. The third-order valence-corrected chi connectivity index (χ3v) is 4.35. The lowest BCUT2D eigenvalue weighted by Crippen LogP contribution is -2.26. The topological polar surface area (TPSA) is 80.9 Å². The predicted molar refractivity (Wildman–Crippen MR) is 92.1 cm³/mol. The van der Waals surface area contributed by atoms with Crippen LogP contribution in [0.3, 0.4) is 0 Å². The second-order valence-corrected chi connectivity index (χ2v) is 5.87. The van der Waals surface area contributed by atoms with Gasteiger partial charge in [0.25, 0.3) is 5.91 Å². The highest BCUT2D eigenvalue weighted by atomic mass is 32.1. The summed E-state index contributed by atoms with van der Waals surface area (Å²) in [6.07, 6.45) is 1.67. The lowest BCUT2D eigenvalue weighted by molar-refractivity contribution is 0.0945. The average Bonchev–Trinajstić information content (AvgIpc) is 2.98. The minimum Gasteiger partial charge on any atom is -0.396 e. The Bertz CT molecular complexity index is 802. The Kier molecular flexibility index (Phi) is 4.34. The van der Waals surface area contributed by atoms with E-state index < -0.39 is 0 Å². The largest absolute Gasteiger partial charge is 0.396 e. The first-order valence-corrected chi connectivity index (χ1v) is 7.96. The molecule has 2 heterocycles. The normalized spacial score (nSPS) is 11.9. The number of nitrogens with zero attached hydrogens (tertiary/aromatic N) is 2. The Hall–Kier alpha value is -2.73. The van der Waals surface area contributed by atoms with Crippen LogP contribution in [0.25, 0.3) is 11.4 Å². The number of rotatable bonds is 4. The van der Waals surface area contributed by atoms with Crippen LogP contribution in [0.4, 0.5) is 5.69 Å². The van der Waals surface area contributed by atoms with Crippen LogP contribution in [0.5, 0.6) is 0 Å². The van der Waals surface area contributed by atoms with Gasteiger partial charge in [-0.3, -0.25) is 9.78 Å². The van der Waals surface area contributed by atoms with Crippen molar-refractivity contribution >= 4 is 23.1 Å². The Balaban J connectivity index is 1.80. The summed E-state index contributed by atoms with van der Waals surface area (Å²) < 4.78 is 4.28. The number of amides is 1. The zero-order valence-electron chi connectivity index (χ0n) is 12.6. The van der Waals surface area contributed by atoms with Gasteiger partial charge >= 0.3 is 0 Å². The molecule has 0 radical (unpaired) electrons. The van der Waals surface area contributed by atoms with Crippen molar-refractivity contribution in [2.24, 2.45) is 0 Å². The molecule has 0 aliphatic heterocycles. The van der Waals surface area contributed by atoms with Crippen molar-refractivity contribution in [3.63, 3.8) is 0 Å². The summed E-state index contributed by atoms with van der Waals surface area (Å²) in [7, 11) is 0. The van der Waals surface area contributed by atoms with Crippen LogP contribution in [0.1, 0.15) is 28.2 Å². The van der Waals surface area contributed by atoms with Crippen LogP contribution >= 0.6 is 11.5 Å². The standard InChI is InChI=1S/C17H16N4OS/c1-11(12-7-3-2-4-8-12)20-17(22)16-14(18)15(21-23-16)13-9-5-6-10-19-13/h2-11H,18H2,1H3,(H,20,22)/t11-/m0/s1. The number of aromatic nitrogens is 2. The summed E-state index contributed by atoms with van der Waals surface area (Å²) in [4.78, 5) is 17.1. The monoisotopic (exact) mass is 324 g/mol. The summed E-state index contributed by atoms with van der Waals surface area (Å²) in [5.74, 6) is -0.224. The van der Waals surface area contributed by atoms with Gasteiger partial charge in [0.15, 0.2) is 0 Å². The number of pyridine rings is 1. The van der Waals surface area contributed by atoms with Gasteiger partial charge in [0, 0.05) is 6.20 Å². The molecular weight excluding hydrogens is 308 g/mol. The molecule has 3 rings (SSSR count). The molecule has 1 amide bonds. The van der Waals surface area contributed by atoms with Gasteiger partial charge in [0.1, 0.15) is 10.6 Å². The molecule has 3 N–H and O–H groups in total. The molecule has 3 aromatic rings. The van der Waals surface area contributed by atoms with E-state index in [9.17, 15) is 4.79 Å². The van der Waals surface area contributed by atoms with E-state index in [1.807, 2.05) is 55.5 Å². The average molecular weight is 324 g/mol. The molecule has 0 bridgehead atoms. The number of nitrogens with two attached hydrogens (primary N) is 1. The third-order valence-electron chi connectivity index (χ3n) is 3.49. The maximum Gasteiger partial charge on any atom is 0.265 e. The number of carbonyl (C=O) groups excluding carboxylic acids is 1.